The van der Waals surface area contributed by atoms with E-state index >= 15 is 0 Å². The van der Waals surface area contributed by atoms with Crippen LogP contribution in [0.5, 0.6) is 5.75 Å². The highest BCUT2D eigenvalue weighted by atomic mass is 127. The maximum atomic E-state index is 14.9. The number of anilines is 3. The summed E-state index contributed by atoms with van der Waals surface area (Å²) in [5.41, 5.74) is -1.10. The van der Waals surface area contributed by atoms with Crippen molar-refractivity contribution in [3.05, 3.63) is 45.3 Å². The molecule has 1 atom stereocenters. The van der Waals surface area contributed by atoms with Crippen LogP contribution in [-0.2, 0) is 19.5 Å². The van der Waals surface area contributed by atoms with Crippen LogP contribution in [0.4, 0.5) is 30.2 Å². The number of nitrogens with one attached hydrogen (secondary N) is 2. The number of ether oxygens (including phenoxy) is 3. The van der Waals surface area contributed by atoms with E-state index in [4.69, 9.17) is 14.2 Å². The maximum absolute atomic E-state index is 14.9. The third kappa shape index (κ3) is 4.95. The summed E-state index contributed by atoms with van der Waals surface area (Å²) in [6.45, 7) is 3.73. The van der Waals surface area contributed by atoms with Gasteiger partial charge in [-0.3, -0.25) is 4.72 Å². The van der Waals surface area contributed by atoms with E-state index in [0.29, 0.717) is 16.4 Å². The second-order valence-corrected chi connectivity index (χ2v) is 12.1. The normalized spacial score (nSPS) is 20.7. The van der Waals surface area contributed by atoms with Crippen molar-refractivity contribution in [2.75, 3.05) is 23.8 Å². The predicted molar refractivity (Wildman–Crippen MR) is 129 cm³/mol. The monoisotopic (exact) mass is 612 g/mol. The van der Waals surface area contributed by atoms with Gasteiger partial charge in [-0.2, -0.15) is 0 Å². The number of sulfonamides is 1. The van der Waals surface area contributed by atoms with Crippen molar-refractivity contribution < 1.29 is 35.8 Å². The third-order valence-electron chi connectivity index (χ3n) is 5.88. The van der Waals surface area contributed by atoms with Crippen molar-refractivity contribution >= 4 is 49.7 Å². The highest BCUT2D eigenvalue weighted by molar-refractivity contribution is 14.1. The summed E-state index contributed by atoms with van der Waals surface area (Å²) in [6, 6.07) is 4.84. The molecule has 4 rings (SSSR count). The Kier molecular flexibility index (Phi) is 6.72. The molecular formula is C22H24F3IN2O5S. The molecule has 2 aromatic rings. The highest BCUT2D eigenvalue weighted by Gasteiger charge is 2.57. The van der Waals surface area contributed by atoms with Crippen molar-refractivity contribution in [2.45, 2.75) is 49.7 Å². The molecule has 2 fully saturated rings. The number of methoxy groups -OCH3 is 1. The molecule has 0 aromatic heterocycles. The number of hydrogen-bond acceptors (Lipinski definition) is 6. The van der Waals surface area contributed by atoms with E-state index in [9.17, 15) is 21.6 Å². The zero-order chi connectivity index (χ0) is 24.9. The third-order valence-corrected chi connectivity index (χ3v) is 8.73. The zero-order valence-electron chi connectivity index (χ0n) is 18.7. The summed E-state index contributed by atoms with van der Waals surface area (Å²) in [5.74, 6) is -4.45. The molecular weight excluding hydrogens is 588 g/mol. The Labute approximate surface area is 209 Å². The molecule has 186 valence electrons. The summed E-state index contributed by atoms with van der Waals surface area (Å²) in [5, 5.41) is 2.49. The average molecular weight is 612 g/mol. The molecule has 1 aliphatic carbocycles. The highest BCUT2D eigenvalue weighted by Crippen LogP contribution is 2.51. The Morgan fingerprint density at radius 1 is 1.15 bits per heavy atom. The van der Waals surface area contributed by atoms with Crippen LogP contribution >= 0.6 is 22.6 Å². The van der Waals surface area contributed by atoms with Gasteiger partial charge in [0.2, 0.25) is 10.0 Å². The summed E-state index contributed by atoms with van der Waals surface area (Å²) in [7, 11) is -2.92. The van der Waals surface area contributed by atoms with Crippen molar-refractivity contribution in [1.82, 2.24) is 0 Å². The van der Waals surface area contributed by atoms with Crippen LogP contribution in [0.15, 0.2) is 24.3 Å². The Hall–Kier alpha value is -1.77. The van der Waals surface area contributed by atoms with Crippen LogP contribution in [-0.4, -0.2) is 38.8 Å². The van der Waals surface area contributed by atoms with E-state index in [1.165, 1.54) is 19.2 Å². The van der Waals surface area contributed by atoms with Gasteiger partial charge < -0.3 is 19.5 Å². The topological polar surface area (TPSA) is 85.9 Å². The number of benzene rings is 2. The second-order valence-electron chi connectivity index (χ2n) is 8.82. The lowest BCUT2D eigenvalue weighted by Crippen LogP contribution is -2.35. The van der Waals surface area contributed by atoms with Gasteiger partial charge in [0.15, 0.2) is 17.4 Å². The van der Waals surface area contributed by atoms with Gasteiger partial charge in [0.05, 0.1) is 30.3 Å². The van der Waals surface area contributed by atoms with E-state index < -0.39 is 49.8 Å². The van der Waals surface area contributed by atoms with Gasteiger partial charge >= 0.3 is 0 Å². The maximum Gasteiger partial charge on any atom is 0.238 e. The molecule has 0 radical (unpaired) electrons. The summed E-state index contributed by atoms with van der Waals surface area (Å²) < 4.78 is 88.7. The Morgan fingerprint density at radius 3 is 2.41 bits per heavy atom. The number of rotatable bonds is 8. The second kappa shape index (κ2) is 9.03. The summed E-state index contributed by atoms with van der Waals surface area (Å²) in [4.78, 5) is 0. The molecule has 2 aliphatic rings. The Balaban J connectivity index is 1.68. The first-order valence-corrected chi connectivity index (χ1v) is 13.0. The first-order chi connectivity index (χ1) is 15.9. The molecule has 1 aliphatic heterocycles. The summed E-state index contributed by atoms with van der Waals surface area (Å²) >= 11 is 1.91. The fourth-order valence-electron chi connectivity index (χ4n) is 3.95. The molecule has 2 aromatic carbocycles. The van der Waals surface area contributed by atoms with Crippen molar-refractivity contribution in [3.63, 3.8) is 0 Å². The first-order valence-electron chi connectivity index (χ1n) is 10.5. The van der Waals surface area contributed by atoms with Gasteiger partial charge in [-0.05, 0) is 73.9 Å². The molecule has 12 heteroatoms. The van der Waals surface area contributed by atoms with E-state index in [0.717, 1.165) is 6.07 Å². The minimum atomic E-state index is -4.11. The van der Waals surface area contributed by atoms with Crippen molar-refractivity contribution in [1.29, 1.82) is 0 Å². The molecule has 0 bridgehead atoms. The lowest BCUT2D eigenvalue weighted by atomic mass is 10.2. The van der Waals surface area contributed by atoms with E-state index in [2.05, 4.69) is 10.0 Å². The lowest BCUT2D eigenvalue weighted by Gasteiger charge is -2.24. The molecule has 1 saturated carbocycles. The van der Waals surface area contributed by atoms with Crippen LogP contribution in [0.1, 0.15) is 33.1 Å². The van der Waals surface area contributed by atoms with E-state index in [1.54, 1.807) is 19.9 Å². The van der Waals surface area contributed by atoms with Crippen molar-refractivity contribution in [3.8, 4) is 5.75 Å². The predicted octanol–water partition coefficient (Wildman–Crippen LogP) is 5.28. The van der Waals surface area contributed by atoms with Gasteiger partial charge in [0.1, 0.15) is 22.9 Å². The molecule has 0 amide bonds. The first kappa shape index (κ1) is 25.3. The average Bonchev–Trinajstić information content (AvgIpc) is 3.46. The van der Waals surface area contributed by atoms with Crippen LogP contribution in [0, 0.1) is 21.0 Å². The minimum Gasteiger partial charge on any atom is -0.494 e. The standard InChI is InChI=1S/C22H24F3IN2O5S/c1-21(2)32-11-13(33-21)10-22(6-7-22)34(29,30)28-19-17(31-3)9-15(24)18(25)20(19)27-16-5-4-12(26)8-14(16)23/h4-5,8-9,13,27-28H,6-7,10-11H2,1-3H3/t13-/m1/s1. The van der Waals surface area contributed by atoms with Gasteiger partial charge in [-0.15, -0.1) is 0 Å². The van der Waals surface area contributed by atoms with E-state index in [1.807, 2.05) is 22.6 Å². The fourth-order valence-corrected chi connectivity index (χ4v) is 6.14. The molecule has 0 spiro atoms. The van der Waals surface area contributed by atoms with Gasteiger partial charge in [0, 0.05) is 9.64 Å². The lowest BCUT2D eigenvalue weighted by molar-refractivity contribution is -0.139. The zero-order valence-corrected chi connectivity index (χ0v) is 21.7. The van der Waals surface area contributed by atoms with Crippen LogP contribution in [0.25, 0.3) is 0 Å². The molecule has 34 heavy (non-hydrogen) atoms. The van der Waals surface area contributed by atoms with Crippen molar-refractivity contribution in [2.24, 2.45) is 0 Å². The van der Waals surface area contributed by atoms with Gasteiger partial charge in [-0.25, -0.2) is 21.6 Å². The fraction of sp³-hybridized carbons (Fsp3) is 0.455. The largest absolute Gasteiger partial charge is 0.494 e. The smallest absolute Gasteiger partial charge is 0.238 e. The number of halogens is 4. The number of hydrogen-bond donors (Lipinski definition) is 2. The molecule has 1 heterocycles. The Morgan fingerprint density at radius 2 is 1.85 bits per heavy atom. The molecule has 7 nitrogen and oxygen atoms in total. The van der Waals surface area contributed by atoms with Gasteiger partial charge in [-0.1, -0.05) is 0 Å². The van der Waals surface area contributed by atoms with Crippen LogP contribution in [0.2, 0.25) is 0 Å². The van der Waals surface area contributed by atoms with Gasteiger partial charge in [0.25, 0.3) is 0 Å². The Bertz CT molecular complexity index is 1220. The summed E-state index contributed by atoms with van der Waals surface area (Å²) in [6.07, 6.45) is 0.470. The quantitative estimate of drug-likeness (QED) is 0.395. The molecule has 0 unspecified atom stereocenters. The molecule has 2 N–H and O–H groups in total. The van der Waals surface area contributed by atoms with E-state index in [-0.39, 0.29) is 30.2 Å². The van der Waals surface area contributed by atoms with Crippen LogP contribution in [0.3, 0.4) is 0 Å². The minimum absolute atomic E-state index is 0.160. The molecule has 1 saturated heterocycles. The van der Waals surface area contributed by atoms with Crippen LogP contribution < -0.4 is 14.8 Å². The SMILES string of the molecule is COc1cc(F)c(F)c(Nc2ccc(I)cc2F)c1NS(=O)(=O)C1(C[C@@H]2COC(C)(C)O2)CC1.